The Kier molecular flexibility index (Phi) is 6.45. The molecule has 0 aliphatic heterocycles. The van der Waals surface area contributed by atoms with E-state index in [4.69, 9.17) is 4.98 Å². The summed E-state index contributed by atoms with van der Waals surface area (Å²) in [5.41, 5.74) is 5.76. The van der Waals surface area contributed by atoms with Crippen LogP contribution < -0.4 is 11.0 Å². The highest BCUT2D eigenvalue weighted by molar-refractivity contribution is 5.85. The number of carbonyl (C=O) groups excluding carboxylic acids is 1. The van der Waals surface area contributed by atoms with Crippen molar-refractivity contribution in [3.05, 3.63) is 100 Å². The number of fused-ring (bicyclic) bond motifs is 1. The van der Waals surface area contributed by atoms with Crippen molar-refractivity contribution < 1.29 is 4.79 Å². The molecule has 4 aromatic rings. The summed E-state index contributed by atoms with van der Waals surface area (Å²) in [5, 5.41) is 4.56. The van der Waals surface area contributed by atoms with Crippen LogP contribution >= 0.6 is 0 Å². The fourth-order valence-electron chi connectivity index (χ4n) is 3.64. The quantitative estimate of drug-likeness (QED) is 0.344. The number of nitrogens with one attached hydrogen (secondary N) is 1. The van der Waals surface area contributed by atoms with Gasteiger partial charge < -0.3 is 0 Å². The Labute approximate surface area is 192 Å². The monoisotopic (exact) mass is 438 g/mol. The first-order valence-electron chi connectivity index (χ1n) is 11.0. The lowest BCUT2D eigenvalue weighted by Gasteiger charge is -2.18. The van der Waals surface area contributed by atoms with Gasteiger partial charge in [0.25, 0.3) is 11.5 Å². The van der Waals surface area contributed by atoms with Gasteiger partial charge in [0.05, 0.1) is 17.1 Å². The topological polar surface area (TPSA) is 76.3 Å². The average molecular weight is 439 g/mol. The number of benzene rings is 3. The number of carbonyl (C=O) groups is 1. The van der Waals surface area contributed by atoms with Gasteiger partial charge in [-0.15, -0.1) is 0 Å². The minimum Gasteiger partial charge on any atom is -0.280 e. The van der Waals surface area contributed by atoms with E-state index >= 15 is 0 Å². The van der Waals surface area contributed by atoms with Crippen molar-refractivity contribution in [2.45, 2.75) is 32.7 Å². The van der Waals surface area contributed by atoms with Crippen molar-refractivity contribution in [3.63, 3.8) is 0 Å². The molecule has 1 atom stereocenters. The smallest absolute Gasteiger partial charge is 0.263 e. The Morgan fingerprint density at radius 2 is 1.61 bits per heavy atom. The summed E-state index contributed by atoms with van der Waals surface area (Å²) in [6.45, 7) is 5.95. The van der Waals surface area contributed by atoms with Crippen molar-refractivity contribution in [2.75, 3.05) is 0 Å². The lowest BCUT2D eigenvalue weighted by Crippen LogP contribution is -2.35. The van der Waals surface area contributed by atoms with E-state index in [0.29, 0.717) is 22.6 Å². The molecule has 166 valence electrons. The highest BCUT2D eigenvalue weighted by Gasteiger charge is 2.22. The first kappa shape index (κ1) is 22.1. The average Bonchev–Trinajstić information content (AvgIpc) is 2.84. The minimum atomic E-state index is -0.815. The first-order valence-corrected chi connectivity index (χ1v) is 11.0. The fourth-order valence-corrected chi connectivity index (χ4v) is 3.64. The van der Waals surface area contributed by atoms with Crippen LogP contribution in [0.3, 0.4) is 0 Å². The van der Waals surface area contributed by atoms with Gasteiger partial charge in [0, 0.05) is 5.56 Å². The maximum Gasteiger partial charge on any atom is 0.263 e. The fraction of sp³-hybridized carbons (Fsp3) is 0.185. The predicted octanol–water partition coefficient (Wildman–Crippen LogP) is 4.90. The van der Waals surface area contributed by atoms with E-state index in [9.17, 15) is 9.59 Å². The number of amides is 1. The van der Waals surface area contributed by atoms with E-state index in [2.05, 4.69) is 24.4 Å². The number of hydrogen-bond acceptors (Lipinski definition) is 4. The van der Waals surface area contributed by atoms with Crippen LogP contribution in [0.15, 0.2) is 88.8 Å². The summed E-state index contributed by atoms with van der Waals surface area (Å²) in [6, 6.07) is 23.7. The lowest BCUT2D eigenvalue weighted by molar-refractivity contribution is -0.123. The second-order valence-electron chi connectivity index (χ2n) is 8.23. The number of hydrazone groups is 1. The standard InChI is InChI=1S/C27H26N4O2/c1-18(2)21-15-13-20(14-16-21)17-28-30-26(32)19(3)31-25(22-9-5-4-6-10-22)29-24-12-8-7-11-23(24)27(31)33/h4-19H,1-3H3,(H,30,32)/b28-17+/t19-/m0/s1. The molecule has 0 aliphatic rings. The second kappa shape index (κ2) is 9.61. The largest absolute Gasteiger partial charge is 0.280 e. The third-order valence-electron chi connectivity index (χ3n) is 5.60. The lowest BCUT2D eigenvalue weighted by atomic mass is 10.0. The molecule has 33 heavy (non-hydrogen) atoms. The molecule has 1 aromatic heterocycles. The van der Waals surface area contributed by atoms with E-state index in [-0.39, 0.29) is 5.56 Å². The number of para-hydroxylation sites is 1. The van der Waals surface area contributed by atoms with Crippen molar-refractivity contribution in [2.24, 2.45) is 5.10 Å². The number of nitrogens with zero attached hydrogens (tertiary/aromatic N) is 3. The molecule has 0 unspecified atom stereocenters. The van der Waals surface area contributed by atoms with E-state index in [1.807, 2.05) is 60.7 Å². The molecule has 6 nitrogen and oxygen atoms in total. The zero-order valence-electron chi connectivity index (χ0n) is 18.9. The molecule has 3 aromatic carbocycles. The van der Waals surface area contributed by atoms with Crippen molar-refractivity contribution >= 4 is 23.0 Å². The third-order valence-corrected chi connectivity index (χ3v) is 5.60. The van der Waals surface area contributed by atoms with E-state index < -0.39 is 11.9 Å². The van der Waals surface area contributed by atoms with Crippen LogP contribution in [0.1, 0.15) is 43.9 Å². The van der Waals surface area contributed by atoms with E-state index in [1.165, 1.54) is 10.1 Å². The van der Waals surface area contributed by atoms with Crippen LogP contribution in [-0.2, 0) is 4.79 Å². The summed E-state index contributed by atoms with van der Waals surface area (Å²) in [5.74, 6) is 0.487. The SMILES string of the molecule is CC(C)c1ccc(/C=N/NC(=O)[C@H](C)n2c(-c3ccccc3)nc3ccccc3c2=O)cc1. The van der Waals surface area contributed by atoms with Gasteiger partial charge in [-0.3, -0.25) is 14.2 Å². The van der Waals surface area contributed by atoms with Crippen LogP contribution in [0.25, 0.3) is 22.3 Å². The maximum absolute atomic E-state index is 13.4. The molecular weight excluding hydrogens is 412 g/mol. The summed E-state index contributed by atoms with van der Waals surface area (Å²) >= 11 is 0. The first-order chi connectivity index (χ1) is 16.0. The predicted molar refractivity (Wildman–Crippen MR) is 132 cm³/mol. The molecule has 1 N–H and O–H groups in total. The molecule has 6 heteroatoms. The van der Waals surface area contributed by atoms with Crippen molar-refractivity contribution in [1.29, 1.82) is 0 Å². The van der Waals surface area contributed by atoms with Gasteiger partial charge in [-0.1, -0.05) is 80.6 Å². The number of rotatable bonds is 6. The zero-order valence-corrected chi connectivity index (χ0v) is 18.9. The molecule has 0 fully saturated rings. The summed E-state index contributed by atoms with van der Waals surface area (Å²) < 4.78 is 1.43. The van der Waals surface area contributed by atoms with Crippen molar-refractivity contribution in [3.8, 4) is 11.4 Å². The molecule has 1 heterocycles. The number of aromatic nitrogens is 2. The molecule has 1 amide bonds. The highest BCUT2D eigenvalue weighted by Crippen LogP contribution is 2.22. The van der Waals surface area contributed by atoms with Gasteiger partial charge >= 0.3 is 0 Å². The Balaban J connectivity index is 1.64. The Hall–Kier alpha value is -4.06. The highest BCUT2D eigenvalue weighted by atomic mass is 16.2. The van der Waals surface area contributed by atoms with Crippen LogP contribution in [0.5, 0.6) is 0 Å². The summed E-state index contributed by atoms with van der Waals surface area (Å²) in [7, 11) is 0. The summed E-state index contributed by atoms with van der Waals surface area (Å²) in [6.07, 6.45) is 1.59. The molecule has 4 rings (SSSR count). The maximum atomic E-state index is 13.4. The van der Waals surface area contributed by atoms with Gasteiger partial charge in [0.1, 0.15) is 11.9 Å². The van der Waals surface area contributed by atoms with Gasteiger partial charge in [0.2, 0.25) is 0 Å². The normalized spacial score (nSPS) is 12.4. The minimum absolute atomic E-state index is 0.268. The molecule has 0 saturated carbocycles. The van der Waals surface area contributed by atoms with E-state index in [1.54, 1.807) is 31.3 Å². The molecule has 0 radical (unpaired) electrons. The molecular formula is C27H26N4O2. The van der Waals surface area contributed by atoms with E-state index in [0.717, 1.165) is 11.1 Å². The van der Waals surface area contributed by atoms with Crippen LogP contribution in [-0.4, -0.2) is 21.7 Å². The third kappa shape index (κ3) is 4.75. The Bertz CT molecular complexity index is 1360. The van der Waals surface area contributed by atoms with Gasteiger partial charge in [-0.05, 0) is 36.1 Å². The summed E-state index contributed by atoms with van der Waals surface area (Å²) in [4.78, 5) is 31.0. The second-order valence-corrected chi connectivity index (χ2v) is 8.23. The van der Waals surface area contributed by atoms with Crippen LogP contribution in [0.2, 0.25) is 0 Å². The van der Waals surface area contributed by atoms with Gasteiger partial charge in [-0.2, -0.15) is 5.10 Å². The van der Waals surface area contributed by atoms with Gasteiger partial charge in [-0.25, -0.2) is 10.4 Å². The molecule has 0 spiro atoms. The molecule has 0 saturated heterocycles. The molecule has 0 bridgehead atoms. The zero-order chi connectivity index (χ0) is 23.4. The van der Waals surface area contributed by atoms with Crippen LogP contribution in [0, 0.1) is 0 Å². The van der Waals surface area contributed by atoms with Crippen LogP contribution in [0.4, 0.5) is 0 Å². The van der Waals surface area contributed by atoms with Gasteiger partial charge in [0.15, 0.2) is 0 Å². The molecule has 0 aliphatic carbocycles. The van der Waals surface area contributed by atoms with Crippen molar-refractivity contribution in [1.82, 2.24) is 15.0 Å². The number of hydrogen-bond donors (Lipinski definition) is 1. The Morgan fingerprint density at radius 1 is 0.939 bits per heavy atom. The Morgan fingerprint density at radius 3 is 2.30 bits per heavy atom.